The van der Waals surface area contributed by atoms with E-state index in [0.717, 1.165) is 28.9 Å². The van der Waals surface area contributed by atoms with Gasteiger partial charge in [0.25, 0.3) is 0 Å². The molecule has 0 bridgehead atoms. The third-order valence-electron chi connectivity index (χ3n) is 8.07. The second kappa shape index (κ2) is 12.3. The number of nitrogens with zero attached hydrogens (tertiary/aromatic N) is 2. The van der Waals surface area contributed by atoms with Crippen LogP contribution in [0.1, 0.15) is 78.6 Å². The molecule has 0 saturated carbocycles. The van der Waals surface area contributed by atoms with E-state index in [2.05, 4.69) is 9.72 Å². The lowest BCUT2D eigenvalue weighted by molar-refractivity contribution is -0.143. The van der Waals surface area contributed by atoms with E-state index in [1.807, 2.05) is 25.1 Å². The summed E-state index contributed by atoms with van der Waals surface area (Å²) >= 11 is 0. The summed E-state index contributed by atoms with van der Waals surface area (Å²) in [5.74, 6) is -1.83. The highest BCUT2D eigenvalue weighted by molar-refractivity contribution is 6.16. The van der Waals surface area contributed by atoms with E-state index in [4.69, 9.17) is 9.57 Å². The Bertz CT molecular complexity index is 1720. The Morgan fingerprint density at radius 1 is 1.05 bits per heavy atom. The molecule has 0 spiro atoms. The number of hydrogen-bond donors (Lipinski definition) is 1. The molecule has 1 N–H and O–H groups in total. The average molecular weight is 595 g/mol. The predicted molar refractivity (Wildman–Crippen MR) is 157 cm³/mol. The molecule has 1 saturated heterocycles. The van der Waals surface area contributed by atoms with Crippen LogP contribution in [0.4, 0.5) is 13.2 Å². The Hall–Kier alpha value is -4.02. The molecule has 1 fully saturated rings. The maximum Gasteiger partial charge on any atom is 0.417 e. The monoisotopic (exact) mass is 594 g/mol. The van der Waals surface area contributed by atoms with Crippen LogP contribution in [0.2, 0.25) is 0 Å². The number of aromatic nitrogens is 1. The van der Waals surface area contributed by atoms with E-state index in [-0.39, 0.29) is 30.3 Å². The lowest BCUT2D eigenvalue weighted by Crippen LogP contribution is -2.22. The molecular formula is C33H33F3N2O5. The van der Waals surface area contributed by atoms with Crippen LogP contribution in [0.25, 0.3) is 21.8 Å². The van der Waals surface area contributed by atoms with Crippen molar-refractivity contribution in [2.24, 2.45) is 5.16 Å². The highest BCUT2D eigenvalue weighted by Gasteiger charge is 2.37. The predicted octanol–water partition coefficient (Wildman–Crippen LogP) is 7.00. The van der Waals surface area contributed by atoms with Gasteiger partial charge in [-0.05, 0) is 74.2 Å². The largest absolute Gasteiger partial charge is 0.417 e. The molecule has 10 heteroatoms. The highest BCUT2D eigenvalue weighted by atomic mass is 19.4. The summed E-state index contributed by atoms with van der Waals surface area (Å²) in [6, 6.07) is 14.2. The van der Waals surface area contributed by atoms with Gasteiger partial charge in [0.15, 0.2) is 5.78 Å². The zero-order valence-corrected chi connectivity index (χ0v) is 24.2. The molecule has 4 aromatic rings. The van der Waals surface area contributed by atoms with E-state index in [1.165, 1.54) is 12.1 Å². The minimum Gasteiger partial charge on any atom is -0.396 e. The molecule has 0 radical (unpaired) electrons. The molecule has 1 aliphatic heterocycles. The number of rotatable bonds is 9. The first-order valence-electron chi connectivity index (χ1n) is 14.4. The molecule has 1 aliphatic rings. The maximum atomic E-state index is 14.3. The standard InChI is InChI=1S/C33H33F3N2O5/c1-4-31(40)43-37-19(3)20-9-12-28-24(15-20)25-16-22(10-13-29(25)38(28)5-2)32(41)23-11-8-21(17-27(23)33(34,35)36)26(18-39)30-7-6-14-42-30/h8-13,15-17,26,30,39H,4-7,14,18H2,1-3H3/b37-19+. The van der Waals surface area contributed by atoms with Crippen molar-refractivity contribution in [3.05, 3.63) is 82.4 Å². The highest BCUT2D eigenvalue weighted by Crippen LogP contribution is 2.38. The summed E-state index contributed by atoms with van der Waals surface area (Å²) < 4.78 is 50.7. The van der Waals surface area contributed by atoms with Gasteiger partial charge in [-0.2, -0.15) is 13.2 Å². The fraction of sp³-hybridized carbons (Fsp3) is 0.364. The number of carbonyl (C=O) groups excluding carboxylic acids is 2. The van der Waals surface area contributed by atoms with Gasteiger partial charge in [-0.3, -0.25) is 4.79 Å². The molecule has 2 heterocycles. The van der Waals surface area contributed by atoms with Crippen molar-refractivity contribution in [3.63, 3.8) is 0 Å². The first-order chi connectivity index (χ1) is 20.6. The molecule has 43 heavy (non-hydrogen) atoms. The van der Waals surface area contributed by atoms with E-state index >= 15 is 0 Å². The Kier molecular flexibility index (Phi) is 8.71. The lowest BCUT2D eigenvalue weighted by atomic mass is 9.88. The number of aryl methyl sites for hydroxylation is 1. The van der Waals surface area contributed by atoms with Crippen LogP contribution >= 0.6 is 0 Å². The second-order valence-electron chi connectivity index (χ2n) is 10.7. The van der Waals surface area contributed by atoms with Crippen LogP contribution in [0.5, 0.6) is 0 Å². The summed E-state index contributed by atoms with van der Waals surface area (Å²) in [7, 11) is 0. The Morgan fingerprint density at radius 3 is 2.30 bits per heavy atom. The fourth-order valence-electron chi connectivity index (χ4n) is 5.79. The fourth-order valence-corrected chi connectivity index (χ4v) is 5.79. The quantitative estimate of drug-likeness (QED) is 0.0976. The van der Waals surface area contributed by atoms with Crippen molar-refractivity contribution >= 4 is 39.3 Å². The number of aliphatic hydroxyl groups excluding tert-OH is 1. The summed E-state index contributed by atoms with van der Waals surface area (Å²) in [5, 5.41) is 15.4. The number of oxime groups is 1. The zero-order valence-electron chi connectivity index (χ0n) is 24.2. The van der Waals surface area contributed by atoms with Gasteiger partial charge in [0, 0.05) is 58.4 Å². The van der Waals surface area contributed by atoms with E-state index in [1.54, 1.807) is 32.0 Å². The van der Waals surface area contributed by atoms with Crippen LogP contribution in [0.3, 0.4) is 0 Å². The number of hydrogen-bond acceptors (Lipinski definition) is 6. The number of ether oxygens (including phenoxy) is 1. The third kappa shape index (κ3) is 5.94. The summed E-state index contributed by atoms with van der Waals surface area (Å²) in [6.45, 7) is 6.13. The smallest absolute Gasteiger partial charge is 0.396 e. The third-order valence-corrected chi connectivity index (χ3v) is 8.07. The molecule has 2 atom stereocenters. The van der Waals surface area contributed by atoms with Crippen LogP contribution in [0.15, 0.2) is 59.8 Å². The van der Waals surface area contributed by atoms with Gasteiger partial charge in [-0.15, -0.1) is 0 Å². The van der Waals surface area contributed by atoms with Crippen molar-refractivity contribution in [2.75, 3.05) is 13.2 Å². The van der Waals surface area contributed by atoms with Gasteiger partial charge in [-0.1, -0.05) is 30.3 Å². The van der Waals surface area contributed by atoms with Crippen molar-refractivity contribution in [2.45, 2.75) is 64.8 Å². The molecule has 7 nitrogen and oxygen atoms in total. The first kappa shape index (κ1) is 30.4. The van der Waals surface area contributed by atoms with Gasteiger partial charge >= 0.3 is 12.1 Å². The number of aliphatic hydroxyl groups is 1. The van der Waals surface area contributed by atoms with Gasteiger partial charge in [0.1, 0.15) is 0 Å². The van der Waals surface area contributed by atoms with Gasteiger partial charge in [-0.25, -0.2) is 4.79 Å². The minimum atomic E-state index is -4.78. The molecular weight excluding hydrogens is 561 g/mol. The zero-order chi connectivity index (χ0) is 30.9. The van der Waals surface area contributed by atoms with Crippen molar-refractivity contribution in [1.29, 1.82) is 0 Å². The van der Waals surface area contributed by atoms with E-state index in [0.29, 0.717) is 36.2 Å². The van der Waals surface area contributed by atoms with Gasteiger partial charge in [0.05, 0.1) is 24.0 Å². The Labute approximate surface area is 246 Å². The molecule has 226 valence electrons. The Balaban J connectivity index is 1.58. The SMILES string of the molecule is CCC(=O)O/N=C(\C)c1ccc2c(c1)c1cc(C(=O)c3ccc(C(CO)C4CCCO4)cc3C(F)(F)F)ccc1n2CC. The molecule has 1 aromatic heterocycles. The summed E-state index contributed by atoms with van der Waals surface area (Å²) in [6.07, 6.45) is -3.54. The number of carbonyl (C=O) groups is 2. The van der Waals surface area contributed by atoms with Crippen molar-refractivity contribution in [1.82, 2.24) is 4.57 Å². The van der Waals surface area contributed by atoms with Gasteiger partial charge < -0.3 is 19.2 Å². The summed E-state index contributed by atoms with van der Waals surface area (Å²) in [5.41, 5.74) is 1.79. The molecule has 3 aromatic carbocycles. The average Bonchev–Trinajstić information content (AvgIpc) is 3.65. The van der Waals surface area contributed by atoms with Gasteiger partial charge in [0.2, 0.25) is 0 Å². The molecule has 0 aliphatic carbocycles. The lowest BCUT2D eigenvalue weighted by Gasteiger charge is -2.23. The summed E-state index contributed by atoms with van der Waals surface area (Å²) in [4.78, 5) is 30.2. The number of benzene rings is 3. The molecule has 2 unspecified atom stereocenters. The number of fused-ring (bicyclic) bond motifs is 3. The first-order valence-corrected chi connectivity index (χ1v) is 14.4. The van der Waals surface area contributed by atoms with Crippen molar-refractivity contribution < 1.29 is 37.4 Å². The maximum absolute atomic E-state index is 14.3. The molecule has 0 amide bonds. The van der Waals surface area contributed by atoms with Crippen LogP contribution in [0, 0.1) is 0 Å². The van der Waals surface area contributed by atoms with Crippen LogP contribution < -0.4 is 0 Å². The van der Waals surface area contributed by atoms with Crippen LogP contribution in [-0.2, 0) is 27.1 Å². The van der Waals surface area contributed by atoms with E-state index in [9.17, 15) is 27.9 Å². The van der Waals surface area contributed by atoms with E-state index < -0.39 is 35.0 Å². The normalized spacial score (nSPS) is 16.6. The number of ketones is 1. The van der Waals surface area contributed by atoms with Crippen LogP contribution in [-0.4, -0.2) is 46.5 Å². The number of halogens is 3. The topological polar surface area (TPSA) is 90.1 Å². The second-order valence-corrected chi connectivity index (χ2v) is 10.7. The molecule has 5 rings (SSSR count). The number of alkyl halides is 3. The minimum absolute atomic E-state index is 0.117. The Morgan fingerprint density at radius 2 is 1.72 bits per heavy atom. The van der Waals surface area contributed by atoms with Crippen molar-refractivity contribution in [3.8, 4) is 0 Å².